The maximum Gasteiger partial charge on any atom is 0.410 e. The quantitative estimate of drug-likeness (QED) is 0.615. The molecule has 0 heterocycles. The third-order valence-corrected chi connectivity index (χ3v) is 3.35. The van der Waals surface area contributed by atoms with Crippen LogP contribution >= 0.6 is 0 Å². The molecule has 0 atom stereocenters. The van der Waals surface area contributed by atoms with Crippen LogP contribution in [0.1, 0.15) is 73.6 Å². The lowest BCUT2D eigenvalue weighted by atomic mass is 10.1. The predicted octanol–water partition coefficient (Wildman–Crippen LogP) is 4.19. The van der Waals surface area contributed by atoms with Crippen LogP contribution in [0.2, 0.25) is 0 Å². The summed E-state index contributed by atoms with van der Waals surface area (Å²) in [5, 5.41) is 3.61. The van der Waals surface area contributed by atoms with Crippen molar-refractivity contribution in [3.8, 4) is 0 Å². The molecule has 0 fully saturated rings. The highest BCUT2D eigenvalue weighted by atomic mass is 16.6. The van der Waals surface area contributed by atoms with Gasteiger partial charge < -0.3 is 15.0 Å². The SMILES string of the molecule is CCCC(CCC)NCCCN(CC)C(=O)OC(C)(C)C. The summed E-state index contributed by atoms with van der Waals surface area (Å²) in [4.78, 5) is 13.8. The Hall–Kier alpha value is -0.770. The molecule has 0 saturated carbocycles. The molecule has 0 aromatic rings. The van der Waals surface area contributed by atoms with Gasteiger partial charge in [-0.05, 0) is 53.5 Å². The smallest absolute Gasteiger partial charge is 0.410 e. The molecule has 0 aliphatic heterocycles. The predicted molar refractivity (Wildman–Crippen MR) is 89.7 cm³/mol. The van der Waals surface area contributed by atoms with Crippen molar-refractivity contribution < 1.29 is 9.53 Å². The first-order valence-electron chi connectivity index (χ1n) is 8.55. The lowest BCUT2D eigenvalue weighted by Crippen LogP contribution is -2.38. The van der Waals surface area contributed by atoms with Crippen molar-refractivity contribution in [3.63, 3.8) is 0 Å². The van der Waals surface area contributed by atoms with E-state index in [0.29, 0.717) is 12.6 Å². The summed E-state index contributed by atoms with van der Waals surface area (Å²) in [6.07, 6.45) is 5.67. The van der Waals surface area contributed by atoms with E-state index in [0.717, 1.165) is 19.5 Å². The molecule has 1 N–H and O–H groups in total. The number of carbonyl (C=O) groups excluding carboxylic acids is 1. The molecule has 0 spiro atoms. The summed E-state index contributed by atoms with van der Waals surface area (Å²) < 4.78 is 5.41. The number of hydrogen-bond acceptors (Lipinski definition) is 3. The van der Waals surface area contributed by atoms with Gasteiger partial charge in [0.1, 0.15) is 5.60 Å². The van der Waals surface area contributed by atoms with Crippen molar-refractivity contribution in [2.75, 3.05) is 19.6 Å². The van der Waals surface area contributed by atoms with Crippen molar-refractivity contribution in [1.82, 2.24) is 10.2 Å². The summed E-state index contributed by atoms with van der Waals surface area (Å²) in [6, 6.07) is 0.622. The number of hydrogen-bond donors (Lipinski definition) is 1. The highest BCUT2D eigenvalue weighted by Crippen LogP contribution is 2.10. The van der Waals surface area contributed by atoms with E-state index < -0.39 is 5.60 Å². The van der Waals surface area contributed by atoms with Gasteiger partial charge in [-0.2, -0.15) is 0 Å². The second kappa shape index (κ2) is 10.9. The maximum atomic E-state index is 12.0. The molecule has 126 valence electrons. The van der Waals surface area contributed by atoms with Crippen LogP contribution in [0.4, 0.5) is 4.79 Å². The Balaban J connectivity index is 4.03. The second-order valence-electron chi connectivity index (χ2n) is 6.64. The molecule has 0 aliphatic carbocycles. The summed E-state index contributed by atoms with van der Waals surface area (Å²) in [5.74, 6) is 0. The minimum absolute atomic E-state index is 0.205. The first-order chi connectivity index (χ1) is 9.84. The zero-order valence-electron chi connectivity index (χ0n) is 15.0. The topological polar surface area (TPSA) is 41.6 Å². The third-order valence-electron chi connectivity index (χ3n) is 3.35. The van der Waals surface area contributed by atoms with Crippen LogP contribution in [0.5, 0.6) is 0 Å². The summed E-state index contributed by atoms with van der Waals surface area (Å²) in [7, 11) is 0. The molecule has 0 aromatic heterocycles. The second-order valence-corrected chi connectivity index (χ2v) is 6.64. The van der Waals surface area contributed by atoms with Gasteiger partial charge in [-0.25, -0.2) is 4.79 Å². The lowest BCUT2D eigenvalue weighted by Gasteiger charge is -2.27. The number of carbonyl (C=O) groups is 1. The molecule has 21 heavy (non-hydrogen) atoms. The van der Waals surface area contributed by atoms with Gasteiger partial charge >= 0.3 is 6.09 Å². The van der Waals surface area contributed by atoms with Gasteiger partial charge in [0.15, 0.2) is 0 Å². The largest absolute Gasteiger partial charge is 0.444 e. The molecule has 0 aromatic carbocycles. The van der Waals surface area contributed by atoms with Gasteiger partial charge in [-0.15, -0.1) is 0 Å². The van der Waals surface area contributed by atoms with Crippen LogP contribution in [-0.2, 0) is 4.74 Å². The monoisotopic (exact) mass is 300 g/mol. The van der Waals surface area contributed by atoms with Crippen LogP contribution in [0, 0.1) is 0 Å². The third kappa shape index (κ3) is 10.6. The standard InChI is InChI=1S/C17H36N2O2/c1-7-11-15(12-8-2)18-13-10-14-19(9-3)16(20)21-17(4,5)6/h15,18H,7-14H2,1-6H3. The average molecular weight is 300 g/mol. The highest BCUT2D eigenvalue weighted by Gasteiger charge is 2.20. The molecule has 1 amide bonds. The van der Waals surface area contributed by atoms with Crippen LogP contribution in [-0.4, -0.2) is 42.3 Å². The molecule has 0 unspecified atom stereocenters. The first kappa shape index (κ1) is 20.2. The van der Waals surface area contributed by atoms with Gasteiger partial charge in [0.25, 0.3) is 0 Å². The van der Waals surface area contributed by atoms with E-state index in [9.17, 15) is 4.79 Å². The number of nitrogens with one attached hydrogen (secondary N) is 1. The van der Waals surface area contributed by atoms with Crippen molar-refractivity contribution in [1.29, 1.82) is 0 Å². The molecule has 0 bridgehead atoms. The molecule has 0 radical (unpaired) electrons. The average Bonchev–Trinajstić information content (AvgIpc) is 2.37. The Labute approximate surface area is 131 Å². The van der Waals surface area contributed by atoms with Crippen molar-refractivity contribution >= 4 is 6.09 Å². The van der Waals surface area contributed by atoms with Gasteiger partial charge in [0.2, 0.25) is 0 Å². The van der Waals surface area contributed by atoms with E-state index in [4.69, 9.17) is 4.74 Å². The van der Waals surface area contributed by atoms with E-state index in [1.807, 2.05) is 27.7 Å². The summed E-state index contributed by atoms with van der Waals surface area (Å²) >= 11 is 0. The molecular formula is C17H36N2O2. The Kier molecular flexibility index (Phi) is 10.5. The van der Waals surface area contributed by atoms with Crippen LogP contribution in [0.25, 0.3) is 0 Å². The summed E-state index contributed by atoms with van der Waals surface area (Å²) in [6.45, 7) is 14.6. The zero-order chi connectivity index (χ0) is 16.3. The van der Waals surface area contributed by atoms with Gasteiger partial charge in [-0.1, -0.05) is 26.7 Å². The van der Waals surface area contributed by atoms with Crippen LogP contribution in [0.15, 0.2) is 0 Å². The van der Waals surface area contributed by atoms with Crippen molar-refractivity contribution in [2.24, 2.45) is 0 Å². The van der Waals surface area contributed by atoms with Gasteiger partial charge in [-0.3, -0.25) is 0 Å². The van der Waals surface area contributed by atoms with E-state index in [-0.39, 0.29) is 6.09 Å². The van der Waals surface area contributed by atoms with Gasteiger partial charge in [0, 0.05) is 19.1 Å². The molecule has 0 saturated heterocycles. The normalized spacial score (nSPS) is 11.8. The highest BCUT2D eigenvalue weighted by molar-refractivity contribution is 5.68. The molecular weight excluding hydrogens is 264 g/mol. The minimum atomic E-state index is -0.421. The Morgan fingerprint density at radius 1 is 1.14 bits per heavy atom. The van der Waals surface area contributed by atoms with E-state index in [2.05, 4.69) is 19.2 Å². The Morgan fingerprint density at radius 2 is 1.71 bits per heavy atom. The van der Waals surface area contributed by atoms with Crippen molar-refractivity contribution in [3.05, 3.63) is 0 Å². The van der Waals surface area contributed by atoms with E-state index >= 15 is 0 Å². The molecule has 4 nitrogen and oxygen atoms in total. The molecule has 4 heteroatoms. The first-order valence-corrected chi connectivity index (χ1v) is 8.55. The molecule has 0 rings (SSSR count). The fraction of sp³-hybridized carbons (Fsp3) is 0.941. The fourth-order valence-electron chi connectivity index (χ4n) is 2.33. The van der Waals surface area contributed by atoms with Crippen molar-refractivity contribution in [2.45, 2.75) is 85.3 Å². The van der Waals surface area contributed by atoms with E-state index in [1.165, 1.54) is 25.7 Å². The zero-order valence-corrected chi connectivity index (χ0v) is 15.0. The van der Waals surface area contributed by atoms with Gasteiger partial charge in [0.05, 0.1) is 0 Å². The Morgan fingerprint density at radius 3 is 2.14 bits per heavy atom. The van der Waals surface area contributed by atoms with E-state index in [1.54, 1.807) is 4.90 Å². The van der Waals surface area contributed by atoms with Crippen LogP contribution < -0.4 is 5.32 Å². The molecule has 0 aliphatic rings. The maximum absolute atomic E-state index is 12.0. The number of nitrogens with zero attached hydrogens (tertiary/aromatic N) is 1. The number of rotatable bonds is 10. The lowest BCUT2D eigenvalue weighted by molar-refractivity contribution is 0.0258. The summed E-state index contributed by atoms with van der Waals surface area (Å²) in [5.41, 5.74) is -0.421. The Bertz CT molecular complexity index is 268. The number of amides is 1. The number of ether oxygens (including phenoxy) is 1. The minimum Gasteiger partial charge on any atom is -0.444 e. The van der Waals surface area contributed by atoms with Crippen LogP contribution in [0.3, 0.4) is 0 Å². The fourth-order valence-corrected chi connectivity index (χ4v) is 2.33.